The summed E-state index contributed by atoms with van der Waals surface area (Å²) in [5.41, 5.74) is 1.51. The van der Waals surface area contributed by atoms with Crippen molar-refractivity contribution in [2.75, 3.05) is 19.5 Å². The molecule has 2 aromatic carbocycles. The van der Waals surface area contributed by atoms with Gasteiger partial charge in [0.1, 0.15) is 0 Å². The van der Waals surface area contributed by atoms with Gasteiger partial charge in [0.05, 0.1) is 20.5 Å². The number of amides is 1. The van der Waals surface area contributed by atoms with Gasteiger partial charge in [-0.2, -0.15) is 6.07 Å². The van der Waals surface area contributed by atoms with Gasteiger partial charge in [-0.1, -0.05) is 23.9 Å². The minimum absolute atomic E-state index is 0. The van der Waals surface area contributed by atoms with Crippen LogP contribution in [-0.4, -0.2) is 26.4 Å². The molecule has 0 spiro atoms. The van der Waals surface area contributed by atoms with Gasteiger partial charge < -0.3 is 27.0 Å². The van der Waals surface area contributed by atoms with Crippen LogP contribution in [0.4, 0.5) is 5.69 Å². The van der Waals surface area contributed by atoms with Crippen molar-refractivity contribution in [1.29, 1.82) is 0 Å². The second-order valence-corrected chi connectivity index (χ2v) is 4.58. The van der Waals surface area contributed by atoms with Crippen LogP contribution in [0.1, 0.15) is 11.1 Å². The number of carbonyl (C=O) groups excluding carboxylic acids is 2. The number of nitrogens with one attached hydrogen (secondary N) is 1. The smallest absolute Gasteiger partial charge is 0.493 e. The van der Waals surface area contributed by atoms with Crippen molar-refractivity contribution < 1.29 is 50.2 Å². The molecule has 0 saturated heterocycles. The first-order valence-electron chi connectivity index (χ1n) is 6.86. The molecule has 0 bridgehead atoms. The Balaban J connectivity index is 0.00000288. The van der Waals surface area contributed by atoms with Crippen molar-refractivity contribution in [2.45, 2.75) is 0 Å². The summed E-state index contributed by atoms with van der Waals surface area (Å²) in [6.45, 7) is 0. The topological polar surface area (TPSA) is 64.6 Å². The van der Waals surface area contributed by atoms with Crippen molar-refractivity contribution in [2.24, 2.45) is 0 Å². The number of ether oxygens (including phenoxy) is 2. The summed E-state index contributed by atoms with van der Waals surface area (Å²) >= 11 is 0. The van der Waals surface area contributed by atoms with Crippen LogP contribution in [-0.2, 0) is 9.59 Å². The van der Waals surface area contributed by atoms with Crippen LogP contribution in [0.25, 0.3) is 6.08 Å². The van der Waals surface area contributed by atoms with Crippen LogP contribution < -0.4 is 14.8 Å². The third kappa shape index (κ3) is 6.41. The Morgan fingerprint density at radius 2 is 1.76 bits per heavy atom. The number of methoxy groups -OCH3 is 2. The summed E-state index contributed by atoms with van der Waals surface area (Å²) in [5, 5.41) is 2.64. The first-order chi connectivity index (χ1) is 11.2. The maximum atomic E-state index is 11.9. The quantitative estimate of drug-likeness (QED) is 0.433. The van der Waals surface area contributed by atoms with E-state index in [0.29, 0.717) is 22.7 Å². The van der Waals surface area contributed by atoms with Gasteiger partial charge in [-0.3, -0.25) is 4.79 Å². The fourth-order valence-corrected chi connectivity index (χ4v) is 1.98. The molecule has 128 valence electrons. The Bertz CT molecular complexity index is 744. The van der Waals surface area contributed by atoms with Crippen molar-refractivity contribution in [3.05, 3.63) is 67.1 Å². The number of carbonyl (C=O) groups is 1. The summed E-state index contributed by atoms with van der Waals surface area (Å²) in [6.07, 6.45) is 4.80. The Morgan fingerprint density at radius 3 is 2.40 bits per heavy atom. The molecule has 1 amide bonds. The van der Waals surface area contributed by atoms with Crippen LogP contribution >= 0.6 is 0 Å². The van der Waals surface area contributed by atoms with Gasteiger partial charge in [0.15, 0.2) is 11.5 Å². The molecule has 1 N–H and O–H groups in total. The van der Waals surface area contributed by atoms with Gasteiger partial charge in [-0.15, -0.1) is 11.6 Å². The van der Waals surface area contributed by atoms with Crippen LogP contribution in [0.5, 0.6) is 11.5 Å². The van der Waals surface area contributed by atoms with E-state index in [0.717, 1.165) is 5.56 Å². The maximum absolute atomic E-state index is 11.9. The fourth-order valence-electron chi connectivity index (χ4n) is 1.98. The van der Waals surface area contributed by atoms with E-state index in [1.165, 1.54) is 6.08 Å². The average molecular weight is 563 g/mol. The molecule has 0 atom stereocenters. The third-order valence-electron chi connectivity index (χ3n) is 3.13. The van der Waals surface area contributed by atoms with Crippen molar-refractivity contribution in [1.82, 2.24) is 0 Å². The van der Waals surface area contributed by atoms with Gasteiger partial charge in [0.2, 0.25) is 5.91 Å². The molecule has 0 unspecified atom stereocenters. The molecule has 0 heterocycles. The first-order valence-corrected chi connectivity index (χ1v) is 6.86. The summed E-state index contributed by atoms with van der Waals surface area (Å²) in [7, 11) is 3.10. The summed E-state index contributed by atoms with van der Waals surface area (Å²) < 4.78 is 10.4. The molecule has 0 radical (unpaired) electrons. The number of hydrogen-bond acceptors (Lipinski definition) is 4. The van der Waals surface area contributed by atoms with E-state index in [-0.39, 0.29) is 44.4 Å². The SMILES string of the molecule is COc1ccc(/C=C/C(=O)Nc2ccccc2[C-]=O)cc1OC.[CH3-].[U+2]. The number of rotatable bonds is 6. The van der Waals surface area contributed by atoms with E-state index in [1.807, 2.05) is 0 Å². The fraction of sp³-hybridized carbons (Fsp3) is 0.105. The zero-order chi connectivity index (χ0) is 16.7. The molecule has 5 nitrogen and oxygen atoms in total. The molecule has 2 aromatic rings. The van der Waals surface area contributed by atoms with Crippen LogP contribution in [0, 0.1) is 38.5 Å². The second kappa shape index (κ2) is 11.5. The zero-order valence-electron chi connectivity index (χ0n) is 14.3. The Kier molecular flexibility index (Phi) is 10.6. The van der Waals surface area contributed by atoms with Crippen LogP contribution in [0.3, 0.4) is 0 Å². The van der Waals surface area contributed by atoms with E-state index in [1.54, 1.807) is 69.0 Å². The Labute approximate surface area is 171 Å². The molecule has 0 aliphatic heterocycles. The number of anilines is 1. The van der Waals surface area contributed by atoms with Gasteiger partial charge >= 0.3 is 31.1 Å². The average Bonchev–Trinajstić information content (AvgIpc) is 2.60. The minimum atomic E-state index is -0.345. The molecule has 0 fully saturated rings. The largest absolute Gasteiger partial charge is 2.00 e. The molecular formula is C19H19NO4U. The molecule has 25 heavy (non-hydrogen) atoms. The number of benzene rings is 2. The number of para-hydroxylation sites is 1. The zero-order valence-corrected chi connectivity index (χ0v) is 18.5. The van der Waals surface area contributed by atoms with Gasteiger partial charge in [-0.05, 0) is 23.8 Å². The Morgan fingerprint density at radius 1 is 1.08 bits per heavy atom. The van der Waals surface area contributed by atoms with E-state index < -0.39 is 0 Å². The van der Waals surface area contributed by atoms with Gasteiger partial charge in [-0.25, -0.2) is 0 Å². The van der Waals surface area contributed by atoms with Gasteiger partial charge in [0.25, 0.3) is 0 Å². The normalized spacial score (nSPS) is 9.52. The molecule has 0 aromatic heterocycles. The molecule has 0 aliphatic rings. The predicted octanol–water partition coefficient (Wildman–Crippen LogP) is 3.26. The van der Waals surface area contributed by atoms with E-state index >= 15 is 0 Å². The second-order valence-electron chi connectivity index (χ2n) is 4.58. The monoisotopic (exact) mass is 563 g/mol. The van der Waals surface area contributed by atoms with E-state index in [9.17, 15) is 9.59 Å². The summed E-state index contributed by atoms with van der Waals surface area (Å²) in [5.74, 6) is 0.850. The minimum Gasteiger partial charge on any atom is -0.493 e. The standard InChI is InChI=1S/C18H16NO4.CH3.U/c1-22-16-9-7-13(11-17(16)23-2)8-10-18(21)19-15-6-4-3-5-14(15)12-20;;/h3-11H,1-2H3,(H,19,21);1H3;/q2*-1;+2/b10-8+;;. The van der Waals surface area contributed by atoms with Crippen molar-refractivity contribution in [3.8, 4) is 11.5 Å². The summed E-state index contributed by atoms with van der Waals surface area (Å²) in [6, 6.07) is 12.0. The van der Waals surface area contributed by atoms with Crippen LogP contribution in [0.15, 0.2) is 48.5 Å². The predicted molar refractivity (Wildman–Crippen MR) is 94.9 cm³/mol. The summed E-state index contributed by atoms with van der Waals surface area (Å²) in [4.78, 5) is 22.7. The first kappa shape index (κ1) is 23.0. The third-order valence-corrected chi connectivity index (χ3v) is 3.13. The van der Waals surface area contributed by atoms with E-state index in [2.05, 4.69) is 5.32 Å². The maximum Gasteiger partial charge on any atom is 2.00 e. The molecule has 2 rings (SSSR count). The molecular weight excluding hydrogens is 544 g/mol. The van der Waals surface area contributed by atoms with Gasteiger partial charge in [0, 0.05) is 6.08 Å². The molecule has 0 aliphatic carbocycles. The molecule has 0 saturated carbocycles. The number of hydrogen-bond donors (Lipinski definition) is 1. The van der Waals surface area contributed by atoms with Crippen molar-refractivity contribution >= 4 is 24.0 Å². The van der Waals surface area contributed by atoms with Crippen LogP contribution in [0.2, 0.25) is 0 Å². The van der Waals surface area contributed by atoms with E-state index in [4.69, 9.17) is 9.47 Å². The van der Waals surface area contributed by atoms with Crippen molar-refractivity contribution in [3.63, 3.8) is 0 Å². The Hall–Kier alpha value is -2.03. The molecule has 6 heteroatoms.